The van der Waals surface area contributed by atoms with Crippen LogP contribution in [0.25, 0.3) is 0 Å². The van der Waals surface area contributed by atoms with Gasteiger partial charge in [0, 0.05) is 39.8 Å². The number of hydrogen-bond acceptors (Lipinski definition) is 4. The van der Waals surface area contributed by atoms with Crippen molar-refractivity contribution < 1.29 is 14.6 Å². The topological polar surface area (TPSA) is 53.0 Å². The molecule has 0 bridgehead atoms. The van der Waals surface area contributed by atoms with Gasteiger partial charge in [-0.3, -0.25) is 9.69 Å². The summed E-state index contributed by atoms with van der Waals surface area (Å²) < 4.78 is 4.87. The highest BCUT2D eigenvalue weighted by Gasteiger charge is 2.19. The molecule has 88 valence electrons. The fraction of sp³-hybridized carbons (Fsp3) is 0.900. The van der Waals surface area contributed by atoms with Gasteiger partial charge < -0.3 is 14.7 Å². The van der Waals surface area contributed by atoms with Crippen LogP contribution in [-0.2, 0) is 9.53 Å². The Hall–Kier alpha value is -0.650. The van der Waals surface area contributed by atoms with Crippen molar-refractivity contribution in [1.29, 1.82) is 0 Å². The highest BCUT2D eigenvalue weighted by atomic mass is 16.5. The summed E-state index contributed by atoms with van der Waals surface area (Å²) in [5.74, 6) is 0.167. The van der Waals surface area contributed by atoms with Crippen LogP contribution < -0.4 is 0 Å². The highest BCUT2D eigenvalue weighted by Crippen LogP contribution is 2.03. The van der Waals surface area contributed by atoms with Crippen LogP contribution in [-0.4, -0.2) is 73.9 Å². The average Bonchev–Trinajstić information content (AvgIpc) is 2.27. The molecule has 1 rings (SSSR count). The van der Waals surface area contributed by atoms with E-state index < -0.39 is 0 Å². The number of carbonyl (C=O) groups excluding carboxylic acids is 1. The number of amides is 1. The minimum absolute atomic E-state index is 0.167. The van der Waals surface area contributed by atoms with Crippen molar-refractivity contribution in [3.8, 4) is 0 Å². The molecule has 1 aliphatic rings. The van der Waals surface area contributed by atoms with E-state index in [9.17, 15) is 4.79 Å². The van der Waals surface area contributed by atoms with Gasteiger partial charge in [-0.15, -0.1) is 0 Å². The summed E-state index contributed by atoms with van der Waals surface area (Å²) in [4.78, 5) is 15.6. The van der Waals surface area contributed by atoms with Gasteiger partial charge in [-0.1, -0.05) is 0 Å². The first-order chi connectivity index (χ1) is 7.27. The number of β-amino-alcohol motifs (C(OH)–C–C–N with tert-alkyl or cyclic N) is 1. The van der Waals surface area contributed by atoms with Crippen LogP contribution in [0.1, 0.15) is 6.42 Å². The van der Waals surface area contributed by atoms with Crippen LogP contribution in [0, 0.1) is 0 Å². The van der Waals surface area contributed by atoms with Gasteiger partial charge in [-0.25, -0.2) is 0 Å². The molecule has 1 fully saturated rings. The molecule has 0 unspecified atom stereocenters. The van der Waals surface area contributed by atoms with Gasteiger partial charge >= 0.3 is 0 Å². The van der Waals surface area contributed by atoms with Crippen LogP contribution in [0.4, 0.5) is 0 Å². The Morgan fingerprint density at radius 3 is 2.53 bits per heavy atom. The number of hydrogen-bond donors (Lipinski definition) is 1. The lowest BCUT2D eigenvalue weighted by Crippen LogP contribution is -2.49. The van der Waals surface area contributed by atoms with E-state index in [1.165, 1.54) is 0 Å². The first-order valence-corrected chi connectivity index (χ1v) is 5.38. The molecule has 0 radical (unpaired) electrons. The first kappa shape index (κ1) is 12.4. The van der Waals surface area contributed by atoms with E-state index in [2.05, 4.69) is 4.90 Å². The van der Waals surface area contributed by atoms with Crippen molar-refractivity contribution in [1.82, 2.24) is 9.80 Å². The lowest BCUT2D eigenvalue weighted by Gasteiger charge is -2.34. The number of carbonyl (C=O) groups is 1. The summed E-state index contributed by atoms with van der Waals surface area (Å²) in [5, 5.41) is 8.77. The minimum atomic E-state index is 0.167. The molecule has 1 heterocycles. The van der Waals surface area contributed by atoms with Gasteiger partial charge in [0.15, 0.2) is 0 Å². The van der Waals surface area contributed by atoms with Gasteiger partial charge in [0.2, 0.25) is 5.91 Å². The molecule has 0 aromatic heterocycles. The molecule has 5 nitrogen and oxygen atoms in total. The zero-order valence-corrected chi connectivity index (χ0v) is 9.31. The van der Waals surface area contributed by atoms with E-state index in [4.69, 9.17) is 9.84 Å². The van der Waals surface area contributed by atoms with Crippen LogP contribution in [0.2, 0.25) is 0 Å². The minimum Gasteiger partial charge on any atom is -0.395 e. The second-order valence-corrected chi connectivity index (χ2v) is 3.69. The van der Waals surface area contributed by atoms with Gasteiger partial charge in [0.05, 0.1) is 19.6 Å². The molecule has 15 heavy (non-hydrogen) atoms. The van der Waals surface area contributed by atoms with Gasteiger partial charge in [0.25, 0.3) is 0 Å². The average molecular weight is 216 g/mol. The normalized spacial score (nSPS) is 18.1. The molecule has 5 heteroatoms. The predicted molar refractivity (Wildman–Crippen MR) is 56.6 cm³/mol. The van der Waals surface area contributed by atoms with Crippen molar-refractivity contribution in [3.63, 3.8) is 0 Å². The summed E-state index contributed by atoms with van der Waals surface area (Å²) in [6.45, 7) is 4.65. The molecule has 1 N–H and O–H groups in total. The lowest BCUT2D eigenvalue weighted by atomic mass is 10.3. The predicted octanol–water partition coefficient (Wildman–Crippen LogP) is -0.841. The molecule has 1 amide bonds. The van der Waals surface area contributed by atoms with Crippen molar-refractivity contribution in [2.45, 2.75) is 6.42 Å². The van der Waals surface area contributed by atoms with E-state index in [1.54, 1.807) is 7.11 Å². The Labute approximate surface area is 90.6 Å². The SMILES string of the molecule is COCCC(=O)N1CCN(CCO)CC1. The number of piperazine rings is 1. The fourth-order valence-electron chi connectivity index (χ4n) is 1.71. The van der Waals surface area contributed by atoms with E-state index >= 15 is 0 Å². The van der Waals surface area contributed by atoms with Crippen LogP contribution >= 0.6 is 0 Å². The third-order valence-corrected chi connectivity index (χ3v) is 2.66. The van der Waals surface area contributed by atoms with Crippen molar-refractivity contribution in [2.75, 3.05) is 53.0 Å². The number of aliphatic hydroxyl groups excluding tert-OH is 1. The summed E-state index contributed by atoms with van der Waals surface area (Å²) in [6, 6.07) is 0. The monoisotopic (exact) mass is 216 g/mol. The molecular formula is C10H20N2O3. The molecule has 0 aromatic rings. The zero-order valence-electron chi connectivity index (χ0n) is 9.31. The zero-order chi connectivity index (χ0) is 11.1. The maximum atomic E-state index is 11.6. The number of methoxy groups -OCH3 is 1. The van der Waals surface area contributed by atoms with E-state index in [1.807, 2.05) is 4.90 Å². The quantitative estimate of drug-likeness (QED) is 0.651. The third-order valence-electron chi connectivity index (χ3n) is 2.66. The molecule has 0 atom stereocenters. The Morgan fingerprint density at radius 2 is 2.00 bits per heavy atom. The Bertz CT molecular complexity index is 191. The number of aliphatic hydroxyl groups is 1. The molecule has 0 aliphatic carbocycles. The smallest absolute Gasteiger partial charge is 0.224 e. The van der Waals surface area contributed by atoms with Crippen molar-refractivity contribution in [2.24, 2.45) is 0 Å². The Kier molecular flexibility index (Phi) is 5.60. The maximum absolute atomic E-state index is 11.6. The summed E-state index contributed by atoms with van der Waals surface area (Å²) in [7, 11) is 1.60. The van der Waals surface area contributed by atoms with Crippen LogP contribution in [0.5, 0.6) is 0 Å². The van der Waals surface area contributed by atoms with E-state index in [0.29, 0.717) is 19.6 Å². The second-order valence-electron chi connectivity index (χ2n) is 3.69. The lowest BCUT2D eigenvalue weighted by molar-refractivity contribution is -0.133. The standard InChI is InChI=1S/C10H20N2O3/c1-15-9-2-10(14)12-5-3-11(4-6-12)7-8-13/h13H,2-9H2,1H3. The Morgan fingerprint density at radius 1 is 1.33 bits per heavy atom. The number of ether oxygens (including phenoxy) is 1. The molecule has 1 aliphatic heterocycles. The summed E-state index contributed by atoms with van der Waals surface area (Å²) in [6.07, 6.45) is 0.469. The summed E-state index contributed by atoms with van der Waals surface area (Å²) in [5.41, 5.74) is 0. The molecule has 0 aromatic carbocycles. The molecule has 0 spiro atoms. The molecular weight excluding hydrogens is 196 g/mol. The second kappa shape index (κ2) is 6.76. The summed E-state index contributed by atoms with van der Waals surface area (Å²) >= 11 is 0. The van der Waals surface area contributed by atoms with Gasteiger partial charge in [0.1, 0.15) is 0 Å². The largest absolute Gasteiger partial charge is 0.395 e. The van der Waals surface area contributed by atoms with E-state index in [-0.39, 0.29) is 12.5 Å². The van der Waals surface area contributed by atoms with Gasteiger partial charge in [-0.2, -0.15) is 0 Å². The van der Waals surface area contributed by atoms with Crippen LogP contribution in [0.3, 0.4) is 0 Å². The Balaban J connectivity index is 2.21. The fourth-order valence-corrected chi connectivity index (χ4v) is 1.71. The third kappa shape index (κ3) is 4.15. The number of nitrogens with zero attached hydrogens (tertiary/aromatic N) is 2. The van der Waals surface area contributed by atoms with Crippen LogP contribution in [0.15, 0.2) is 0 Å². The highest BCUT2D eigenvalue weighted by molar-refractivity contribution is 5.76. The molecule has 1 saturated heterocycles. The van der Waals surface area contributed by atoms with Crippen molar-refractivity contribution >= 4 is 5.91 Å². The first-order valence-electron chi connectivity index (χ1n) is 5.38. The van der Waals surface area contributed by atoms with Gasteiger partial charge in [-0.05, 0) is 0 Å². The molecule has 0 saturated carbocycles. The van der Waals surface area contributed by atoms with Crippen molar-refractivity contribution in [3.05, 3.63) is 0 Å². The number of rotatable bonds is 5. The van der Waals surface area contributed by atoms with E-state index in [0.717, 1.165) is 26.2 Å². The maximum Gasteiger partial charge on any atom is 0.224 e.